The van der Waals surface area contributed by atoms with Crippen LogP contribution in [0.4, 0.5) is 11.4 Å². The first-order valence-corrected chi connectivity index (χ1v) is 14.6. The number of ether oxygens (including phenoxy) is 2. The zero-order valence-electron chi connectivity index (χ0n) is 23.2. The monoisotopic (exact) mass is 635 g/mol. The van der Waals surface area contributed by atoms with Crippen molar-refractivity contribution in [2.45, 2.75) is 4.90 Å². The Morgan fingerprint density at radius 2 is 1.51 bits per heavy atom. The Balaban J connectivity index is 1.43. The summed E-state index contributed by atoms with van der Waals surface area (Å²) in [5, 5.41) is 8.92. The highest BCUT2D eigenvalue weighted by atomic mass is 35.5. The minimum Gasteiger partial charge on any atom is -0.497 e. The lowest BCUT2D eigenvalue weighted by molar-refractivity contribution is -0.114. The van der Waals surface area contributed by atoms with Crippen molar-refractivity contribution in [3.05, 3.63) is 118 Å². The van der Waals surface area contributed by atoms with Gasteiger partial charge in [0, 0.05) is 37.8 Å². The lowest BCUT2D eigenvalue weighted by atomic mass is 10.1. The highest BCUT2D eigenvalue weighted by molar-refractivity contribution is 8.00. The summed E-state index contributed by atoms with van der Waals surface area (Å²) in [6.45, 7) is 0. The molecule has 4 aromatic carbocycles. The molecule has 0 aliphatic heterocycles. The fraction of sp³-hybridized carbons (Fsp3) is 0.0938. The molecule has 0 bridgehead atoms. The Bertz CT molecular complexity index is 1630. The lowest BCUT2D eigenvalue weighted by Gasteiger charge is -2.13. The van der Waals surface area contributed by atoms with Crippen molar-refractivity contribution in [3.8, 4) is 11.5 Å². The average molecular weight is 637 g/mol. The SMILES string of the molecule is COc1ccc(OC)c(NC(=O)CSc2ccc(NC(=O)/C(=C/c3c(Cl)cccc3Cl)NC(=O)c3ccccc3)cc2)c1. The van der Waals surface area contributed by atoms with Crippen LogP contribution in [0.1, 0.15) is 15.9 Å². The average Bonchev–Trinajstić information content (AvgIpc) is 3.02. The van der Waals surface area contributed by atoms with Crippen LogP contribution in [0.5, 0.6) is 11.5 Å². The third-order valence-corrected chi connectivity index (χ3v) is 7.65. The summed E-state index contributed by atoms with van der Waals surface area (Å²) in [7, 11) is 3.07. The van der Waals surface area contributed by atoms with Gasteiger partial charge in [0.25, 0.3) is 11.8 Å². The van der Waals surface area contributed by atoms with E-state index in [0.717, 1.165) is 4.90 Å². The van der Waals surface area contributed by atoms with Gasteiger partial charge in [-0.05, 0) is 66.7 Å². The summed E-state index contributed by atoms with van der Waals surface area (Å²) < 4.78 is 10.5. The molecule has 0 aromatic heterocycles. The number of hydrogen-bond donors (Lipinski definition) is 3. The van der Waals surface area contributed by atoms with E-state index in [4.69, 9.17) is 32.7 Å². The van der Waals surface area contributed by atoms with Crippen molar-refractivity contribution in [1.29, 1.82) is 0 Å². The normalized spacial score (nSPS) is 10.9. The van der Waals surface area contributed by atoms with Gasteiger partial charge in [-0.3, -0.25) is 14.4 Å². The van der Waals surface area contributed by atoms with Crippen molar-refractivity contribution in [3.63, 3.8) is 0 Å². The number of benzene rings is 4. The molecule has 11 heteroatoms. The first-order chi connectivity index (χ1) is 20.8. The molecule has 4 rings (SSSR count). The molecule has 0 saturated heterocycles. The molecule has 0 saturated carbocycles. The number of rotatable bonds is 11. The molecule has 3 amide bonds. The molecule has 0 atom stereocenters. The number of amides is 3. The number of halogens is 2. The van der Waals surface area contributed by atoms with Gasteiger partial charge < -0.3 is 25.4 Å². The maximum absolute atomic E-state index is 13.3. The van der Waals surface area contributed by atoms with Gasteiger partial charge in [0.1, 0.15) is 17.2 Å². The van der Waals surface area contributed by atoms with Gasteiger partial charge in [-0.15, -0.1) is 11.8 Å². The molecule has 0 spiro atoms. The van der Waals surface area contributed by atoms with Crippen LogP contribution in [0.2, 0.25) is 10.0 Å². The summed E-state index contributed by atoms with van der Waals surface area (Å²) in [5.41, 5.74) is 1.70. The Labute approximate surface area is 263 Å². The maximum Gasteiger partial charge on any atom is 0.272 e. The quantitative estimate of drug-likeness (QED) is 0.119. The molecule has 0 aliphatic rings. The Morgan fingerprint density at radius 1 is 0.814 bits per heavy atom. The second kappa shape index (κ2) is 15.2. The van der Waals surface area contributed by atoms with Gasteiger partial charge >= 0.3 is 0 Å². The van der Waals surface area contributed by atoms with E-state index < -0.39 is 11.8 Å². The topological polar surface area (TPSA) is 106 Å². The third kappa shape index (κ3) is 8.78. The smallest absolute Gasteiger partial charge is 0.272 e. The molecule has 0 radical (unpaired) electrons. The third-order valence-electron chi connectivity index (χ3n) is 5.98. The standard InChI is InChI=1S/C32H27Cl2N3O5S/c1-41-22-13-16-29(42-2)27(17-22)36-30(38)19-43-23-14-11-21(12-15-23)35-32(40)28(18-24-25(33)9-6-10-26(24)34)37-31(39)20-7-4-3-5-8-20/h3-18H,19H2,1-2H3,(H,35,40)(H,36,38)(H,37,39)/b28-18-. The van der Waals surface area contributed by atoms with Crippen molar-refractivity contribution in [2.75, 3.05) is 30.6 Å². The number of carbonyl (C=O) groups excluding carboxylic acids is 3. The molecule has 8 nitrogen and oxygen atoms in total. The molecular weight excluding hydrogens is 609 g/mol. The Hall–Kier alpha value is -4.44. The van der Waals surface area contributed by atoms with Crippen LogP contribution < -0.4 is 25.4 Å². The van der Waals surface area contributed by atoms with E-state index in [1.807, 2.05) is 0 Å². The van der Waals surface area contributed by atoms with E-state index in [0.29, 0.717) is 44.0 Å². The summed E-state index contributed by atoms with van der Waals surface area (Å²) in [5.74, 6) is -0.0214. The molecule has 43 heavy (non-hydrogen) atoms. The molecule has 0 fully saturated rings. The number of anilines is 2. The zero-order chi connectivity index (χ0) is 30.8. The van der Waals surface area contributed by atoms with Crippen LogP contribution in [0.3, 0.4) is 0 Å². The Kier molecular flexibility index (Phi) is 11.1. The first kappa shape index (κ1) is 31.5. The molecular formula is C32H27Cl2N3O5S. The van der Waals surface area contributed by atoms with Gasteiger partial charge in [0.2, 0.25) is 5.91 Å². The van der Waals surface area contributed by atoms with Gasteiger partial charge in [0.15, 0.2) is 0 Å². The predicted octanol–water partition coefficient (Wildman–Crippen LogP) is 7.15. The predicted molar refractivity (Wildman–Crippen MR) is 172 cm³/mol. The summed E-state index contributed by atoms with van der Waals surface area (Å²) in [4.78, 5) is 39.6. The summed E-state index contributed by atoms with van der Waals surface area (Å²) in [6, 6.07) is 25.5. The number of thioether (sulfide) groups is 1. The van der Waals surface area contributed by atoms with Gasteiger partial charge in [-0.1, -0.05) is 47.5 Å². The van der Waals surface area contributed by atoms with Gasteiger partial charge in [-0.25, -0.2) is 0 Å². The zero-order valence-corrected chi connectivity index (χ0v) is 25.5. The second-order valence-corrected chi connectivity index (χ2v) is 10.8. The van der Waals surface area contributed by atoms with E-state index in [-0.39, 0.29) is 17.4 Å². The van der Waals surface area contributed by atoms with Crippen molar-refractivity contribution in [2.24, 2.45) is 0 Å². The van der Waals surface area contributed by atoms with Crippen LogP contribution in [-0.2, 0) is 9.59 Å². The lowest BCUT2D eigenvalue weighted by Crippen LogP contribution is -2.30. The fourth-order valence-electron chi connectivity index (χ4n) is 3.82. The second-order valence-electron chi connectivity index (χ2n) is 8.90. The van der Waals surface area contributed by atoms with E-state index >= 15 is 0 Å². The minimum atomic E-state index is -0.577. The first-order valence-electron chi connectivity index (χ1n) is 12.9. The highest BCUT2D eigenvalue weighted by Crippen LogP contribution is 2.30. The van der Waals surface area contributed by atoms with E-state index in [1.54, 1.807) is 98.1 Å². The molecule has 0 aliphatic carbocycles. The van der Waals surface area contributed by atoms with E-state index in [2.05, 4.69) is 16.0 Å². The summed E-state index contributed by atoms with van der Waals surface area (Å²) in [6.07, 6.45) is 1.43. The van der Waals surface area contributed by atoms with Crippen molar-refractivity contribution in [1.82, 2.24) is 5.32 Å². The van der Waals surface area contributed by atoms with Crippen LogP contribution >= 0.6 is 35.0 Å². The van der Waals surface area contributed by atoms with Crippen LogP contribution in [-0.4, -0.2) is 37.7 Å². The highest BCUT2D eigenvalue weighted by Gasteiger charge is 2.17. The number of nitrogens with one attached hydrogen (secondary N) is 3. The van der Waals surface area contributed by atoms with Crippen molar-refractivity contribution < 1.29 is 23.9 Å². The molecule has 4 aromatic rings. The minimum absolute atomic E-state index is 0.0491. The number of methoxy groups -OCH3 is 2. The van der Waals surface area contributed by atoms with E-state index in [1.165, 1.54) is 24.9 Å². The maximum atomic E-state index is 13.3. The molecule has 0 unspecified atom stereocenters. The number of hydrogen-bond acceptors (Lipinski definition) is 6. The molecule has 220 valence electrons. The van der Waals surface area contributed by atoms with Crippen LogP contribution in [0.15, 0.2) is 102 Å². The van der Waals surface area contributed by atoms with Gasteiger partial charge in [-0.2, -0.15) is 0 Å². The van der Waals surface area contributed by atoms with Crippen LogP contribution in [0.25, 0.3) is 6.08 Å². The fourth-order valence-corrected chi connectivity index (χ4v) is 5.02. The number of carbonyl (C=O) groups is 3. The Morgan fingerprint density at radius 3 is 2.16 bits per heavy atom. The largest absolute Gasteiger partial charge is 0.497 e. The molecule has 3 N–H and O–H groups in total. The summed E-state index contributed by atoms with van der Waals surface area (Å²) >= 11 is 14.0. The van der Waals surface area contributed by atoms with Crippen LogP contribution in [0, 0.1) is 0 Å². The van der Waals surface area contributed by atoms with Crippen molar-refractivity contribution >= 4 is 70.1 Å². The van der Waals surface area contributed by atoms with E-state index in [9.17, 15) is 14.4 Å². The molecule has 0 heterocycles. The van der Waals surface area contributed by atoms with Gasteiger partial charge in [0.05, 0.1) is 25.7 Å².